The molecule has 0 aliphatic rings. The van der Waals surface area contributed by atoms with Gasteiger partial charge in [-0.15, -0.1) is 0 Å². The summed E-state index contributed by atoms with van der Waals surface area (Å²) in [5.74, 6) is -4.59. The molecule has 6 amide bonds. The molecule has 0 bridgehead atoms. The number of carbonyl (C=O) groups excluding carboxylic acids is 6. The predicted molar refractivity (Wildman–Crippen MR) is 219 cm³/mol. The minimum Gasteiger partial charge on any atom is -0.370 e. The molecule has 16 nitrogen and oxygen atoms in total. The van der Waals surface area contributed by atoms with Gasteiger partial charge in [-0.3, -0.25) is 33.8 Å². The molecular weight excluding hydrogens is 786 g/mol. The quantitative estimate of drug-likeness (QED) is 0.0381. The van der Waals surface area contributed by atoms with Crippen molar-refractivity contribution in [3.05, 3.63) is 95.6 Å². The third-order valence-electron chi connectivity index (χ3n) is 9.21. The fourth-order valence-corrected chi connectivity index (χ4v) is 5.84. The van der Waals surface area contributed by atoms with E-state index in [-0.39, 0.29) is 51.2 Å². The molecule has 0 unspecified atom stereocenters. The molecule has 0 aromatic heterocycles. The third-order valence-corrected chi connectivity index (χ3v) is 9.21. The molecule has 60 heavy (non-hydrogen) atoms. The number of benzene rings is 3. The van der Waals surface area contributed by atoms with Crippen molar-refractivity contribution >= 4 is 41.4 Å². The second kappa shape index (κ2) is 23.8. The van der Waals surface area contributed by atoms with E-state index in [2.05, 4.69) is 31.6 Å². The van der Waals surface area contributed by atoms with E-state index in [9.17, 15) is 41.9 Å². The highest BCUT2D eigenvalue weighted by molar-refractivity contribution is 5.99. The van der Waals surface area contributed by atoms with Crippen molar-refractivity contribution in [1.29, 1.82) is 0 Å². The van der Waals surface area contributed by atoms with Gasteiger partial charge in [0.25, 0.3) is 5.91 Å². The fourth-order valence-electron chi connectivity index (χ4n) is 5.84. The van der Waals surface area contributed by atoms with E-state index in [4.69, 9.17) is 22.9 Å². The first-order valence-electron chi connectivity index (χ1n) is 19.3. The Morgan fingerprint density at radius 2 is 1.20 bits per heavy atom. The van der Waals surface area contributed by atoms with Crippen molar-refractivity contribution < 1.29 is 41.9 Å². The van der Waals surface area contributed by atoms with E-state index >= 15 is 0 Å². The van der Waals surface area contributed by atoms with E-state index in [0.717, 1.165) is 23.3 Å². The standard InChI is InChI=1S/C41H53F3N10O6/c1-25(51-36(57)29-16-14-28(15-17-29)27-8-3-2-4-9-27)35(56)52-32(11-7-23-49-40(47)48)38(59)54-33(20-21-34(46)55)39(60)53-31(10-5-6-22-45)37(58)50-24-26-12-18-30(19-13-26)41(42,43)44/h2-4,8-9,12-19,25,31-33H,5-7,10-11,20-24,45H2,1H3,(H2,46,55)(H,50,58)(H,51,57)(H,52,56)(H,53,60)(H,54,59)(H4,47,48,49)/t25-,31-,32-,33-/m0/s1. The number of carbonyl (C=O) groups is 6. The van der Waals surface area contributed by atoms with Gasteiger partial charge in [0.2, 0.25) is 29.5 Å². The van der Waals surface area contributed by atoms with Crippen molar-refractivity contribution in [3.8, 4) is 11.1 Å². The number of nitrogens with zero attached hydrogens (tertiary/aromatic N) is 1. The highest BCUT2D eigenvalue weighted by atomic mass is 19.4. The molecule has 0 aliphatic heterocycles. The molecular formula is C41H53F3N10O6. The molecule has 0 saturated heterocycles. The van der Waals surface area contributed by atoms with Crippen molar-refractivity contribution in [2.75, 3.05) is 13.1 Å². The monoisotopic (exact) mass is 838 g/mol. The van der Waals surface area contributed by atoms with Gasteiger partial charge in [0.05, 0.1) is 5.56 Å². The zero-order valence-electron chi connectivity index (χ0n) is 33.2. The molecule has 0 saturated carbocycles. The first-order valence-corrected chi connectivity index (χ1v) is 19.3. The molecule has 0 heterocycles. The molecule has 0 aliphatic carbocycles. The minimum absolute atomic E-state index is 0.0196. The topological polar surface area (TPSA) is 279 Å². The third kappa shape index (κ3) is 16.4. The summed E-state index contributed by atoms with van der Waals surface area (Å²) < 4.78 is 39.0. The van der Waals surface area contributed by atoms with Crippen LogP contribution in [-0.4, -0.2) is 78.7 Å². The van der Waals surface area contributed by atoms with Crippen LogP contribution in [-0.2, 0) is 36.7 Å². The molecule has 0 radical (unpaired) electrons. The van der Waals surface area contributed by atoms with Gasteiger partial charge in [0.15, 0.2) is 5.96 Å². The van der Waals surface area contributed by atoms with E-state index < -0.39 is 71.4 Å². The Hall–Kier alpha value is -6.50. The molecule has 3 aromatic rings. The van der Waals surface area contributed by atoms with Crippen LogP contribution < -0.4 is 49.5 Å². The summed E-state index contributed by atoms with van der Waals surface area (Å²) in [6.07, 6.45) is -3.95. The predicted octanol–water partition coefficient (Wildman–Crippen LogP) is 1.71. The Morgan fingerprint density at radius 1 is 0.650 bits per heavy atom. The number of alkyl halides is 3. The zero-order chi connectivity index (χ0) is 44.2. The van der Waals surface area contributed by atoms with Gasteiger partial charge in [-0.1, -0.05) is 54.6 Å². The van der Waals surface area contributed by atoms with E-state index in [1.54, 1.807) is 24.3 Å². The lowest BCUT2D eigenvalue weighted by Crippen LogP contribution is -2.58. The average Bonchev–Trinajstić information content (AvgIpc) is 3.21. The lowest BCUT2D eigenvalue weighted by Gasteiger charge is -2.26. The highest BCUT2D eigenvalue weighted by Crippen LogP contribution is 2.29. The van der Waals surface area contributed by atoms with Gasteiger partial charge >= 0.3 is 6.18 Å². The Kier molecular flexibility index (Phi) is 19.0. The lowest BCUT2D eigenvalue weighted by molar-refractivity contribution is -0.137. The van der Waals surface area contributed by atoms with Gasteiger partial charge in [-0.05, 0) is 92.9 Å². The summed E-state index contributed by atoms with van der Waals surface area (Å²) in [4.78, 5) is 83.0. The van der Waals surface area contributed by atoms with E-state index in [0.29, 0.717) is 30.5 Å². The number of guanidine groups is 1. The molecule has 324 valence electrons. The summed E-state index contributed by atoms with van der Waals surface area (Å²) in [6, 6.07) is 15.5. The second-order valence-corrected chi connectivity index (χ2v) is 14.0. The van der Waals surface area contributed by atoms with Crippen LogP contribution in [0.1, 0.15) is 73.4 Å². The Labute approximate surface area is 345 Å². The SMILES string of the molecule is C[C@H](NC(=O)c1ccc(-c2ccccc2)cc1)C(=O)N[C@@H](CCCN=C(N)N)C(=O)N[C@@H](CCC(N)=O)C(=O)N[C@@H](CCCCN)C(=O)NCc1ccc(C(F)(F)F)cc1. The maximum absolute atomic E-state index is 13.8. The number of hydrogen-bond donors (Lipinski definition) is 9. The number of hydrogen-bond acceptors (Lipinski definition) is 8. The number of unbranched alkanes of at least 4 members (excludes halogenated alkanes) is 1. The van der Waals surface area contributed by atoms with Crippen molar-refractivity contribution in [2.24, 2.45) is 27.9 Å². The zero-order valence-corrected chi connectivity index (χ0v) is 33.2. The summed E-state index contributed by atoms with van der Waals surface area (Å²) in [5, 5.41) is 13.0. The molecule has 0 fully saturated rings. The maximum Gasteiger partial charge on any atom is 0.416 e. The number of halogens is 3. The summed E-state index contributed by atoms with van der Waals surface area (Å²) in [5.41, 5.74) is 23.5. The maximum atomic E-state index is 13.8. The number of nitrogens with one attached hydrogen (secondary N) is 5. The first-order chi connectivity index (χ1) is 28.5. The van der Waals surface area contributed by atoms with Gasteiger partial charge in [0.1, 0.15) is 24.2 Å². The van der Waals surface area contributed by atoms with Crippen LogP contribution in [0.25, 0.3) is 11.1 Å². The highest BCUT2D eigenvalue weighted by Gasteiger charge is 2.32. The number of aliphatic imine (C=N–C) groups is 1. The second-order valence-electron chi connectivity index (χ2n) is 14.0. The smallest absolute Gasteiger partial charge is 0.370 e. The Morgan fingerprint density at radius 3 is 1.77 bits per heavy atom. The molecule has 3 aromatic carbocycles. The van der Waals surface area contributed by atoms with Gasteiger partial charge in [-0.2, -0.15) is 13.2 Å². The van der Waals surface area contributed by atoms with Crippen LogP contribution in [0.3, 0.4) is 0 Å². The summed E-state index contributed by atoms with van der Waals surface area (Å²) in [6.45, 7) is 1.66. The number of rotatable bonds is 23. The van der Waals surface area contributed by atoms with Crippen LogP contribution in [0.15, 0.2) is 83.9 Å². The normalized spacial score (nSPS) is 13.1. The molecule has 13 N–H and O–H groups in total. The van der Waals surface area contributed by atoms with Crippen molar-refractivity contribution in [3.63, 3.8) is 0 Å². The van der Waals surface area contributed by atoms with Crippen LogP contribution >= 0.6 is 0 Å². The van der Waals surface area contributed by atoms with Crippen LogP contribution in [0.4, 0.5) is 13.2 Å². The molecule has 19 heteroatoms. The van der Waals surface area contributed by atoms with Crippen molar-refractivity contribution in [1.82, 2.24) is 26.6 Å². The molecule has 0 spiro atoms. The Balaban J connectivity index is 1.74. The number of amides is 6. The van der Waals surface area contributed by atoms with Gasteiger partial charge < -0.3 is 49.5 Å². The molecule has 4 atom stereocenters. The first kappa shape index (κ1) is 47.9. The molecule has 3 rings (SSSR count). The largest absolute Gasteiger partial charge is 0.416 e. The number of nitrogens with two attached hydrogens (primary N) is 4. The summed E-state index contributed by atoms with van der Waals surface area (Å²) in [7, 11) is 0. The van der Waals surface area contributed by atoms with Crippen molar-refractivity contribution in [2.45, 2.75) is 88.8 Å². The number of primary amides is 1. The van der Waals surface area contributed by atoms with Crippen LogP contribution in [0, 0.1) is 0 Å². The fraction of sp³-hybridized carbons (Fsp3) is 0.390. The van der Waals surface area contributed by atoms with E-state index in [1.165, 1.54) is 19.1 Å². The van der Waals surface area contributed by atoms with Crippen LogP contribution in [0.2, 0.25) is 0 Å². The Bertz CT molecular complexity index is 1930. The average molecular weight is 839 g/mol. The van der Waals surface area contributed by atoms with Crippen LogP contribution in [0.5, 0.6) is 0 Å². The summed E-state index contributed by atoms with van der Waals surface area (Å²) >= 11 is 0. The van der Waals surface area contributed by atoms with E-state index in [1.807, 2.05) is 30.3 Å². The lowest BCUT2D eigenvalue weighted by atomic mass is 10.0. The van der Waals surface area contributed by atoms with Gasteiger partial charge in [0, 0.05) is 25.1 Å². The van der Waals surface area contributed by atoms with Gasteiger partial charge in [-0.25, -0.2) is 0 Å². The minimum atomic E-state index is -4.53.